The van der Waals surface area contributed by atoms with Crippen LogP contribution in [0.15, 0.2) is 0 Å². The number of hydrogen-bond acceptors (Lipinski definition) is 8. The van der Waals surface area contributed by atoms with Crippen LogP contribution in [0.2, 0.25) is 0 Å². The fraction of sp³-hybridized carbons (Fsp3) is 0. The third-order valence-corrected chi connectivity index (χ3v) is 0. The van der Waals surface area contributed by atoms with Gasteiger partial charge in [-0.2, -0.15) is 7.82 Å². The summed E-state index contributed by atoms with van der Waals surface area (Å²) in [6.07, 6.45) is 0. The summed E-state index contributed by atoms with van der Waals surface area (Å²) in [5.41, 5.74) is 0. The van der Waals surface area contributed by atoms with E-state index in [0.717, 1.165) is 0 Å². The molecule has 0 spiro atoms. The smallest absolute Gasteiger partial charge is 0.822 e. The summed E-state index contributed by atoms with van der Waals surface area (Å²) < 4.78 is 8.55. The normalized spacial score (nSPS) is 9.92. The molecule has 0 aromatic rings. The Morgan fingerprint density at radius 2 is 1.08 bits per heavy atom. The Morgan fingerprint density at radius 1 is 1.08 bits per heavy atom. The van der Waals surface area contributed by atoms with Crippen LogP contribution in [0.5, 0.6) is 0 Å². The fourth-order valence-corrected chi connectivity index (χ4v) is 0. The van der Waals surface area contributed by atoms with Crippen LogP contribution >= 0.6 is 7.82 Å². The molecule has 0 saturated heterocycles. The van der Waals surface area contributed by atoms with Crippen molar-refractivity contribution >= 4 is 77.7 Å². The van der Waals surface area contributed by atoms with Crippen LogP contribution < -0.4 is 19.5 Å². The van der Waals surface area contributed by atoms with Crippen LogP contribution in [0.3, 0.4) is 0 Å². The van der Waals surface area contributed by atoms with Gasteiger partial charge in [0.15, 0.2) is 0 Å². The predicted octanol–water partition coefficient (Wildman–Crippen LogP) is -6.83. The van der Waals surface area contributed by atoms with Gasteiger partial charge < -0.3 is 38.4 Å². The molecule has 8 nitrogen and oxygen atoms in total. The minimum Gasteiger partial charge on any atom is -0.822 e. The summed E-state index contributed by atoms with van der Waals surface area (Å²) in [6.45, 7) is 0. The van der Waals surface area contributed by atoms with Crippen molar-refractivity contribution in [2.75, 3.05) is 0 Å². The van der Waals surface area contributed by atoms with Gasteiger partial charge in [0, 0.05) is 0 Å². The third kappa shape index (κ3) is 318. The Labute approximate surface area is 115 Å². The third-order valence-electron chi connectivity index (χ3n) is 0. The van der Waals surface area contributed by atoms with Crippen molar-refractivity contribution in [2.24, 2.45) is 0 Å². The van der Waals surface area contributed by atoms with E-state index in [1.165, 1.54) is 0 Å². The zero-order valence-corrected chi connectivity index (χ0v) is 11.3. The van der Waals surface area contributed by atoms with E-state index in [0.29, 0.717) is 0 Å². The molecule has 0 aliphatic heterocycles. The van der Waals surface area contributed by atoms with E-state index in [-0.39, 0.29) is 60.8 Å². The van der Waals surface area contributed by atoms with Gasteiger partial charge in [0.05, 0.1) is 0 Å². The van der Waals surface area contributed by atoms with E-state index in [9.17, 15) is 0 Å². The molecule has 0 aliphatic carbocycles. The maximum atomic E-state index is 8.91. The first kappa shape index (κ1) is 23.8. The largest absolute Gasteiger partial charge is 2.00 e. The standard InChI is InChI=1S/Ca.Mg.H3O4P.H3O4Si/c;;2*1-5(2,3)4/h;;(H3,1,2,3,4);1-3H/q2*+2;;-1/p-3. The molecular formula is H3CaMgO8PSi. The summed E-state index contributed by atoms with van der Waals surface area (Å²) in [5.74, 6) is 0. The molecule has 0 unspecified atom stereocenters. The zero-order valence-electron chi connectivity index (χ0n) is 5.74. The summed E-state index contributed by atoms with van der Waals surface area (Å²) in [4.78, 5) is 56.2. The maximum absolute atomic E-state index is 8.91. The van der Waals surface area contributed by atoms with Crippen molar-refractivity contribution in [3.05, 3.63) is 0 Å². The van der Waals surface area contributed by atoms with E-state index < -0.39 is 16.9 Å². The average molecular weight is 254 g/mol. The molecule has 0 amide bonds. The van der Waals surface area contributed by atoms with E-state index in [1.54, 1.807) is 0 Å². The van der Waals surface area contributed by atoms with Gasteiger partial charge in [-0.1, -0.05) is 0 Å². The van der Waals surface area contributed by atoms with Crippen molar-refractivity contribution in [3.8, 4) is 0 Å². The van der Waals surface area contributed by atoms with Crippen LogP contribution in [0.1, 0.15) is 0 Å². The summed E-state index contributed by atoms with van der Waals surface area (Å²) in [5, 5.41) is 0. The molecule has 0 radical (unpaired) electrons. The van der Waals surface area contributed by atoms with Crippen molar-refractivity contribution in [1.82, 2.24) is 0 Å². The van der Waals surface area contributed by atoms with Gasteiger partial charge in [0.1, 0.15) is 0 Å². The van der Waals surface area contributed by atoms with Crippen LogP contribution in [-0.4, -0.2) is 84.2 Å². The molecule has 0 saturated carbocycles. The molecule has 3 N–H and O–H groups in total. The van der Waals surface area contributed by atoms with Crippen molar-refractivity contribution in [3.63, 3.8) is 0 Å². The Morgan fingerprint density at radius 3 is 1.08 bits per heavy atom. The molecule has 0 aromatic heterocycles. The number of hydrogen-bond donors (Lipinski definition) is 3. The molecule has 0 bridgehead atoms. The monoisotopic (exact) mass is 254 g/mol. The van der Waals surface area contributed by atoms with Gasteiger partial charge in [0.25, 0.3) is 0 Å². The van der Waals surface area contributed by atoms with Gasteiger partial charge in [-0.25, -0.2) is 0 Å². The van der Waals surface area contributed by atoms with Gasteiger partial charge in [0.2, 0.25) is 0 Å². The molecule has 64 valence electrons. The van der Waals surface area contributed by atoms with Crippen molar-refractivity contribution < 1.29 is 38.4 Å². The Bertz CT molecular complexity index is 111. The first-order chi connectivity index (χ1) is 4.00. The van der Waals surface area contributed by atoms with Crippen molar-refractivity contribution in [1.29, 1.82) is 0 Å². The molecular weight excluding hydrogens is 251 g/mol. The average Bonchev–Trinajstić information content (AvgIpc) is 1.12. The second-order valence-electron chi connectivity index (χ2n) is 1.02. The molecule has 0 aromatic carbocycles. The molecule has 12 heavy (non-hydrogen) atoms. The minimum atomic E-state index is -5.39. The van der Waals surface area contributed by atoms with Gasteiger partial charge in [-0.15, -0.1) is 0 Å². The predicted molar refractivity (Wildman–Crippen MR) is 31.5 cm³/mol. The molecule has 0 aliphatic rings. The summed E-state index contributed by atoms with van der Waals surface area (Å²) in [6, 6.07) is 0. The Hall–Kier alpha value is 2.19. The van der Waals surface area contributed by atoms with E-state index in [4.69, 9.17) is 38.4 Å². The van der Waals surface area contributed by atoms with Crippen LogP contribution in [-0.2, 0) is 4.57 Å². The first-order valence-electron chi connectivity index (χ1n) is 1.61. The van der Waals surface area contributed by atoms with E-state index in [1.807, 2.05) is 0 Å². The maximum Gasteiger partial charge on any atom is 2.00 e. The summed E-state index contributed by atoms with van der Waals surface area (Å²) >= 11 is 0. The topological polar surface area (TPSA) is 170 Å². The second kappa shape index (κ2) is 9.74. The number of rotatable bonds is 0. The van der Waals surface area contributed by atoms with Crippen LogP contribution in [0, 0.1) is 0 Å². The second-order valence-corrected chi connectivity index (χ2v) is 3.06. The van der Waals surface area contributed by atoms with Crippen molar-refractivity contribution in [2.45, 2.75) is 0 Å². The molecule has 0 atom stereocenters. The number of phosphoric acid groups is 1. The molecule has 12 heteroatoms. The summed E-state index contributed by atoms with van der Waals surface area (Å²) in [7, 11) is -10.2. The van der Waals surface area contributed by atoms with E-state index >= 15 is 0 Å². The van der Waals surface area contributed by atoms with Crippen LogP contribution in [0.25, 0.3) is 0 Å². The molecule has 0 rings (SSSR count). The van der Waals surface area contributed by atoms with E-state index in [2.05, 4.69) is 0 Å². The van der Waals surface area contributed by atoms with Gasteiger partial charge >= 0.3 is 69.8 Å². The fourth-order valence-electron chi connectivity index (χ4n) is 0. The first-order valence-corrected chi connectivity index (χ1v) is 4.82. The molecule has 0 fully saturated rings. The quantitative estimate of drug-likeness (QED) is 0.283. The minimum absolute atomic E-state index is 0. The SMILES string of the molecule is O=P([O-])([O-])[O-].[Ca+2].[Mg+2].[O-][Si](O)(O)O. The Kier molecular flexibility index (Phi) is 19.3. The molecule has 0 heterocycles. The van der Waals surface area contributed by atoms with Gasteiger partial charge in [-0.3, -0.25) is 0 Å². The van der Waals surface area contributed by atoms with Gasteiger partial charge in [-0.05, 0) is 0 Å². The van der Waals surface area contributed by atoms with Crippen LogP contribution in [0.4, 0.5) is 0 Å². The Balaban J connectivity index is -0.0000000457. The zero-order chi connectivity index (χ0) is 9.00.